The first-order valence-electron chi connectivity index (χ1n) is 7.97. The van der Waals surface area contributed by atoms with Gasteiger partial charge in [-0.1, -0.05) is 0 Å². The lowest BCUT2D eigenvalue weighted by molar-refractivity contribution is -0.129. The molecule has 0 unspecified atom stereocenters. The molecule has 0 saturated carbocycles. The summed E-state index contributed by atoms with van der Waals surface area (Å²) in [5.74, 6) is -2.08. The lowest BCUT2D eigenvalue weighted by Gasteiger charge is -2.32. The van der Waals surface area contributed by atoms with E-state index < -0.39 is 17.6 Å². The van der Waals surface area contributed by atoms with Crippen LogP contribution in [0.15, 0.2) is 12.1 Å². The maximum absolute atomic E-state index is 14.2. The Bertz CT molecular complexity index is 660. The number of carbonyl (C=O) groups excluding carboxylic acids is 2. The van der Waals surface area contributed by atoms with Crippen molar-refractivity contribution in [3.63, 3.8) is 0 Å². The molecule has 2 amide bonds. The van der Waals surface area contributed by atoms with Gasteiger partial charge in [-0.25, -0.2) is 8.78 Å². The summed E-state index contributed by atoms with van der Waals surface area (Å²) in [4.78, 5) is 27.9. The van der Waals surface area contributed by atoms with Crippen LogP contribution < -0.4 is 4.90 Å². The van der Waals surface area contributed by atoms with Crippen LogP contribution in [0.4, 0.5) is 14.5 Å². The van der Waals surface area contributed by atoms with Crippen molar-refractivity contribution < 1.29 is 18.4 Å². The number of anilines is 1. The van der Waals surface area contributed by atoms with Gasteiger partial charge in [0.2, 0.25) is 11.8 Å². The molecule has 23 heavy (non-hydrogen) atoms. The monoisotopic (exact) mass is 322 g/mol. The van der Waals surface area contributed by atoms with Gasteiger partial charge in [-0.2, -0.15) is 0 Å². The summed E-state index contributed by atoms with van der Waals surface area (Å²) >= 11 is 0. The third-order valence-electron chi connectivity index (χ3n) is 4.60. The van der Waals surface area contributed by atoms with E-state index in [2.05, 4.69) is 0 Å². The van der Waals surface area contributed by atoms with Crippen molar-refractivity contribution in [1.29, 1.82) is 0 Å². The highest BCUT2D eigenvalue weighted by atomic mass is 19.1. The molecule has 0 N–H and O–H groups in total. The first-order chi connectivity index (χ1) is 10.9. The van der Waals surface area contributed by atoms with Gasteiger partial charge >= 0.3 is 0 Å². The molecule has 0 aliphatic carbocycles. The van der Waals surface area contributed by atoms with Crippen molar-refractivity contribution in [3.8, 4) is 0 Å². The van der Waals surface area contributed by atoms with Crippen molar-refractivity contribution in [1.82, 2.24) is 4.90 Å². The van der Waals surface area contributed by atoms with Crippen LogP contribution in [-0.2, 0) is 16.0 Å². The largest absolute Gasteiger partial charge is 0.339 e. The van der Waals surface area contributed by atoms with Crippen molar-refractivity contribution in [2.75, 3.05) is 18.0 Å². The molecule has 1 aromatic rings. The Morgan fingerprint density at radius 3 is 2.70 bits per heavy atom. The quantitative estimate of drug-likeness (QED) is 0.839. The average molecular weight is 322 g/mol. The third kappa shape index (κ3) is 2.82. The number of fused-ring (bicyclic) bond motifs is 1. The minimum absolute atomic E-state index is 0.0415. The number of carbonyl (C=O) groups is 2. The number of likely N-dealkylation sites (tertiary alicyclic amines) is 1. The summed E-state index contributed by atoms with van der Waals surface area (Å²) in [5, 5.41) is 0. The lowest BCUT2D eigenvalue weighted by atomic mass is 9.98. The van der Waals surface area contributed by atoms with E-state index >= 15 is 0 Å². The van der Waals surface area contributed by atoms with E-state index in [0.29, 0.717) is 31.5 Å². The van der Waals surface area contributed by atoms with Gasteiger partial charge in [0.1, 0.15) is 11.6 Å². The Morgan fingerprint density at radius 1 is 1.30 bits per heavy atom. The Labute approximate surface area is 134 Å². The van der Waals surface area contributed by atoms with Crippen molar-refractivity contribution >= 4 is 17.5 Å². The summed E-state index contributed by atoms with van der Waals surface area (Å²) in [6.45, 7) is 4.58. The molecule has 1 aromatic carbocycles. The number of hydrogen-bond donors (Lipinski definition) is 0. The van der Waals surface area contributed by atoms with Crippen LogP contribution in [0.5, 0.6) is 0 Å². The Hall–Kier alpha value is -1.98. The molecule has 2 aliphatic heterocycles. The van der Waals surface area contributed by atoms with Crippen LogP contribution in [-0.4, -0.2) is 35.8 Å². The first kappa shape index (κ1) is 15.9. The van der Waals surface area contributed by atoms with Crippen molar-refractivity contribution in [3.05, 3.63) is 29.3 Å². The van der Waals surface area contributed by atoms with Crippen molar-refractivity contribution in [2.24, 2.45) is 5.92 Å². The molecule has 1 saturated heterocycles. The topological polar surface area (TPSA) is 40.6 Å². The Morgan fingerprint density at radius 2 is 2.04 bits per heavy atom. The highest BCUT2D eigenvalue weighted by Gasteiger charge is 2.39. The van der Waals surface area contributed by atoms with E-state index in [1.54, 1.807) is 4.90 Å². The van der Waals surface area contributed by atoms with Gasteiger partial charge in [0.25, 0.3) is 0 Å². The number of nitrogens with zero attached hydrogens (tertiary/aromatic N) is 2. The minimum atomic E-state index is -0.710. The second-order valence-corrected chi connectivity index (χ2v) is 6.53. The van der Waals surface area contributed by atoms with Gasteiger partial charge in [-0.15, -0.1) is 0 Å². The number of amides is 2. The normalized spacial score (nSPS) is 21.1. The summed E-state index contributed by atoms with van der Waals surface area (Å²) in [6.07, 6.45) is 1.37. The molecule has 2 heterocycles. The van der Waals surface area contributed by atoms with E-state index in [9.17, 15) is 18.4 Å². The number of benzene rings is 1. The van der Waals surface area contributed by atoms with Crippen LogP contribution in [0.2, 0.25) is 0 Å². The van der Waals surface area contributed by atoms with E-state index in [1.807, 2.05) is 13.8 Å². The predicted octanol–water partition coefficient (Wildman–Crippen LogP) is 2.50. The summed E-state index contributed by atoms with van der Waals surface area (Å²) < 4.78 is 27.6. The molecule has 1 fully saturated rings. The maximum atomic E-state index is 14.2. The zero-order valence-electron chi connectivity index (χ0n) is 13.3. The standard InChI is InChI=1S/C17H20F2N2O2/c1-10(2)21-9-12(7-15(21)22)17(23)20-5-3-4-11-6-13(18)8-14(19)16(11)20/h6,8,10,12H,3-5,7,9H2,1-2H3/t12-/m0/s1. The molecule has 0 radical (unpaired) electrons. The van der Waals surface area contributed by atoms with Gasteiger partial charge in [-0.3, -0.25) is 9.59 Å². The smallest absolute Gasteiger partial charge is 0.232 e. The summed E-state index contributed by atoms with van der Waals surface area (Å²) in [5.41, 5.74) is 0.699. The van der Waals surface area contributed by atoms with Gasteiger partial charge in [0.15, 0.2) is 0 Å². The molecular formula is C17H20F2N2O2. The van der Waals surface area contributed by atoms with Gasteiger partial charge in [0.05, 0.1) is 11.6 Å². The van der Waals surface area contributed by atoms with E-state index in [-0.39, 0.29) is 30.0 Å². The SMILES string of the molecule is CC(C)N1C[C@@H](C(=O)N2CCCc3cc(F)cc(F)c32)CC1=O. The highest BCUT2D eigenvalue weighted by molar-refractivity contribution is 6.00. The number of hydrogen-bond acceptors (Lipinski definition) is 2. The fraction of sp³-hybridized carbons (Fsp3) is 0.529. The molecule has 6 heteroatoms. The molecule has 1 atom stereocenters. The zero-order chi connectivity index (χ0) is 16.7. The second kappa shape index (κ2) is 5.91. The fourth-order valence-electron chi connectivity index (χ4n) is 3.49. The number of aryl methyl sites for hydroxylation is 1. The van der Waals surface area contributed by atoms with E-state index in [4.69, 9.17) is 0 Å². The second-order valence-electron chi connectivity index (χ2n) is 6.53. The average Bonchev–Trinajstić information content (AvgIpc) is 2.87. The third-order valence-corrected chi connectivity index (χ3v) is 4.60. The van der Waals surface area contributed by atoms with Crippen LogP contribution in [0.3, 0.4) is 0 Å². The van der Waals surface area contributed by atoms with Crippen LogP contribution in [0.1, 0.15) is 32.3 Å². The zero-order valence-corrected chi connectivity index (χ0v) is 13.3. The molecular weight excluding hydrogens is 302 g/mol. The molecule has 0 spiro atoms. The molecule has 2 aliphatic rings. The van der Waals surface area contributed by atoms with Crippen LogP contribution in [0, 0.1) is 17.6 Å². The van der Waals surface area contributed by atoms with E-state index in [0.717, 1.165) is 6.07 Å². The lowest BCUT2D eigenvalue weighted by Crippen LogP contribution is -2.41. The van der Waals surface area contributed by atoms with E-state index in [1.165, 1.54) is 11.0 Å². The number of halogens is 2. The molecule has 124 valence electrons. The van der Waals surface area contributed by atoms with Crippen LogP contribution >= 0.6 is 0 Å². The molecule has 3 rings (SSSR count). The van der Waals surface area contributed by atoms with Gasteiger partial charge in [-0.05, 0) is 38.3 Å². The Kier molecular flexibility index (Phi) is 4.08. The number of rotatable bonds is 2. The van der Waals surface area contributed by atoms with Crippen molar-refractivity contribution in [2.45, 2.75) is 39.2 Å². The summed E-state index contributed by atoms with van der Waals surface area (Å²) in [7, 11) is 0. The Balaban J connectivity index is 1.87. The maximum Gasteiger partial charge on any atom is 0.232 e. The fourth-order valence-corrected chi connectivity index (χ4v) is 3.49. The van der Waals surface area contributed by atoms with Gasteiger partial charge < -0.3 is 9.80 Å². The predicted molar refractivity (Wildman–Crippen MR) is 82.0 cm³/mol. The summed E-state index contributed by atoms with van der Waals surface area (Å²) in [6, 6.07) is 2.14. The highest BCUT2D eigenvalue weighted by Crippen LogP contribution is 2.33. The molecule has 0 aromatic heterocycles. The first-order valence-corrected chi connectivity index (χ1v) is 7.97. The minimum Gasteiger partial charge on any atom is -0.339 e. The van der Waals surface area contributed by atoms with Gasteiger partial charge in [0, 0.05) is 31.6 Å². The molecule has 0 bridgehead atoms. The molecule has 4 nitrogen and oxygen atoms in total. The van der Waals surface area contributed by atoms with Crippen LogP contribution in [0.25, 0.3) is 0 Å².